The van der Waals surface area contributed by atoms with Gasteiger partial charge in [0.05, 0.1) is 24.3 Å². The van der Waals surface area contributed by atoms with Gasteiger partial charge in [0, 0.05) is 4.47 Å². The van der Waals surface area contributed by atoms with Gasteiger partial charge in [0.15, 0.2) is 0 Å². The standard InChI is InChI=1S/C20H18BrN3O5/c1-2-29-20(28)22-24(18(26)14-10-6-7-11-15(14)21)16-12-17(25)23(19(16)27)13-8-4-3-5-9-13/h3-11,16H,2,12H2,1H3,(H,22,28). The Morgan fingerprint density at radius 1 is 1.14 bits per heavy atom. The second-order valence-corrected chi connectivity index (χ2v) is 6.96. The SMILES string of the molecule is CCOC(=O)NN(C(=O)c1ccccc1Br)C1CC(=O)N(c2ccccc2)C1=O. The highest BCUT2D eigenvalue weighted by Gasteiger charge is 2.45. The molecule has 1 aliphatic rings. The lowest BCUT2D eigenvalue weighted by Crippen LogP contribution is -2.54. The van der Waals surface area contributed by atoms with E-state index in [2.05, 4.69) is 21.4 Å². The fourth-order valence-corrected chi connectivity index (χ4v) is 3.42. The lowest BCUT2D eigenvalue weighted by Gasteiger charge is -2.27. The van der Waals surface area contributed by atoms with Gasteiger partial charge in [0.25, 0.3) is 11.8 Å². The number of imide groups is 1. The van der Waals surface area contributed by atoms with Crippen LogP contribution >= 0.6 is 15.9 Å². The van der Waals surface area contributed by atoms with Crippen LogP contribution in [0.1, 0.15) is 23.7 Å². The Kier molecular flexibility index (Phi) is 6.28. The highest BCUT2D eigenvalue weighted by atomic mass is 79.9. The Morgan fingerprint density at radius 2 is 1.79 bits per heavy atom. The van der Waals surface area contributed by atoms with Crippen molar-refractivity contribution in [3.63, 3.8) is 0 Å². The molecular weight excluding hydrogens is 442 g/mol. The Labute approximate surface area is 175 Å². The Balaban J connectivity index is 1.95. The molecule has 1 N–H and O–H groups in total. The van der Waals surface area contributed by atoms with E-state index in [1.807, 2.05) is 0 Å². The maximum Gasteiger partial charge on any atom is 0.426 e. The Morgan fingerprint density at radius 3 is 2.45 bits per heavy atom. The van der Waals surface area contributed by atoms with Gasteiger partial charge in [0.2, 0.25) is 5.91 Å². The minimum absolute atomic E-state index is 0.0799. The number of hydrogen-bond donors (Lipinski definition) is 1. The molecule has 2 aromatic carbocycles. The average molecular weight is 460 g/mol. The number of carbonyl (C=O) groups excluding carboxylic acids is 4. The van der Waals surface area contributed by atoms with Gasteiger partial charge < -0.3 is 4.74 Å². The smallest absolute Gasteiger partial charge is 0.426 e. The number of nitrogens with zero attached hydrogens (tertiary/aromatic N) is 2. The first-order chi connectivity index (χ1) is 13.9. The topological polar surface area (TPSA) is 96.0 Å². The summed E-state index contributed by atoms with van der Waals surface area (Å²) in [5, 5.41) is 0.862. The van der Waals surface area contributed by atoms with Crippen LogP contribution in [0.3, 0.4) is 0 Å². The number of halogens is 1. The van der Waals surface area contributed by atoms with Crippen molar-refractivity contribution in [1.82, 2.24) is 10.4 Å². The zero-order valence-electron chi connectivity index (χ0n) is 15.5. The normalized spacial score (nSPS) is 15.9. The van der Waals surface area contributed by atoms with Crippen molar-refractivity contribution in [2.24, 2.45) is 0 Å². The summed E-state index contributed by atoms with van der Waals surface area (Å²) < 4.78 is 5.34. The number of amides is 4. The molecule has 8 nitrogen and oxygen atoms in total. The second-order valence-electron chi connectivity index (χ2n) is 6.11. The molecule has 2 aromatic rings. The van der Waals surface area contributed by atoms with Crippen LogP contribution < -0.4 is 10.3 Å². The van der Waals surface area contributed by atoms with E-state index in [0.717, 1.165) is 9.91 Å². The zero-order chi connectivity index (χ0) is 21.0. The van der Waals surface area contributed by atoms with Crippen molar-refractivity contribution in [3.05, 3.63) is 64.6 Å². The van der Waals surface area contributed by atoms with E-state index in [1.54, 1.807) is 61.5 Å². The third-order valence-electron chi connectivity index (χ3n) is 4.26. The van der Waals surface area contributed by atoms with Gasteiger partial charge in [-0.2, -0.15) is 0 Å². The largest absolute Gasteiger partial charge is 0.449 e. The second kappa shape index (κ2) is 8.87. The number of hydrogen-bond acceptors (Lipinski definition) is 5. The summed E-state index contributed by atoms with van der Waals surface area (Å²) in [4.78, 5) is 51.7. The summed E-state index contributed by atoms with van der Waals surface area (Å²) in [7, 11) is 0. The summed E-state index contributed by atoms with van der Waals surface area (Å²) >= 11 is 3.29. The maximum atomic E-state index is 13.1. The lowest BCUT2D eigenvalue weighted by molar-refractivity contribution is -0.122. The average Bonchev–Trinajstić information content (AvgIpc) is 3.00. The summed E-state index contributed by atoms with van der Waals surface area (Å²) in [5.74, 6) is -1.73. The molecule has 0 radical (unpaired) electrons. The first-order valence-electron chi connectivity index (χ1n) is 8.87. The van der Waals surface area contributed by atoms with Crippen LogP contribution in [0.4, 0.5) is 10.5 Å². The van der Waals surface area contributed by atoms with E-state index in [9.17, 15) is 19.2 Å². The van der Waals surface area contributed by atoms with E-state index in [4.69, 9.17) is 4.74 Å². The summed E-state index contributed by atoms with van der Waals surface area (Å²) in [5.41, 5.74) is 2.93. The van der Waals surface area contributed by atoms with Crippen molar-refractivity contribution < 1.29 is 23.9 Å². The van der Waals surface area contributed by atoms with Crippen LogP contribution in [-0.2, 0) is 14.3 Å². The zero-order valence-corrected chi connectivity index (χ0v) is 17.1. The van der Waals surface area contributed by atoms with Crippen molar-refractivity contribution in [1.29, 1.82) is 0 Å². The number of benzene rings is 2. The molecule has 1 fully saturated rings. The van der Waals surface area contributed by atoms with Gasteiger partial charge in [-0.05, 0) is 47.1 Å². The number of rotatable bonds is 4. The van der Waals surface area contributed by atoms with Gasteiger partial charge in [-0.25, -0.2) is 20.1 Å². The number of ether oxygens (including phenoxy) is 1. The van der Waals surface area contributed by atoms with E-state index < -0.39 is 29.9 Å². The minimum Gasteiger partial charge on any atom is -0.449 e. The third-order valence-corrected chi connectivity index (χ3v) is 4.95. The van der Waals surface area contributed by atoms with Crippen LogP contribution in [0.25, 0.3) is 0 Å². The molecule has 29 heavy (non-hydrogen) atoms. The molecule has 0 bridgehead atoms. The molecule has 9 heteroatoms. The van der Waals surface area contributed by atoms with Crippen LogP contribution in [-0.4, -0.2) is 41.5 Å². The van der Waals surface area contributed by atoms with Crippen LogP contribution in [0.15, 0.2) is 59.1 Å². The van der Waals surface area contributed by atoms with Crippen molar-refractivity contribution in [2.45, 2.75) is 19.4 Å². The molecule has 0 spiro atoms. The van der Waals surface area contributed by atoms with E-state index >= 15 is 0 Å². The van der Waals surface area contributed by atoms with Gasteiger partial charge in [-0.1, -0.05) is 30.3 Å². The van der Waals surface area contributed by atoms with Gasteiger partial charge >= 0.3 is 6.09 Å². The van der Waals surface area contributed by atoms with Crippen LogP contribution in [0.5, 0.6) is 0 Å². The molecule has 1 saturated heterocycles. The molecule has 0 aromatic heterocycles. The molecule has 1 aliphatic heterocycles. The van der Waals surface area contributed by atoms with E-state index in [0.29, 0.717) is 10.2 Å². The van der Waals surface area contributed by atoms with Crippen molar-refractivity contribution >= 4 is 45.4 Å². The molecule has 4 amide bonds. The van der Waals surface area contributed by atoms with Crippen LogP contribution in [0.2, 0.25) is 0 Å². The fourth-order valence-electron chi connectivity index (χ4n) is 2.96. The van der Waals surface area contributed by atoms with Gasteiger partial charge in [-0.3, -0.25) is 14.4 Å². The monoisotopic (exact) mass is 459 g/mol. The molecular formula is C20H18BrN3O5. The number of hydrazine groups is 1. The van der Waals surface area contributed by atoms with Gasteiger partial charge in [0.1, 0.15) is 6.04 Å². The maximum absolute atomic E-state index is 13.1. The molecule has 1 atom stereocenters. The number of carbonyl (C=O) groups is 4. The molecule has 1 heterocycles. The minimum atomic E-state index is -1.20. The first-order valence-corrected chi connectivity index (χ1v) is 9.66. The number of nitrogens with one attached hydrogen (secondary N) is 1. The predicted octanol–water partition coefficient (Wildman–Crippen LogP) is 2.88. The highest BCUT2D eigenvalue weighted by molar-refractivity contribution is 9.10. The van der Waals surface area contributed by atoms with Crippen molar-refractivity contribution in [2.75, 3.05) is 11.5 Å². The lowest BCUT2D eigenvalue weighted by atomic mass is 10.1. The number of anilines is 1. The summed E-state index contributed by atoms with van der Waals surface area (Å²) in [6.07, 6.45) is -1.16. The number of para-hydroxylation sites is 1. The van der Waals surface area contributed by atoms with E-state index in [-0.39, 0.29) is 18.6 Å². The van der Waals surface area contributed by atoms with Crippen LogP contribution in [0, 0.1) is 0 Å². The third kappa shape index (κ3) is 4.29. The quantitative estimate of drug-likeness (QED) is 0.559. The van der Waals surface area contributed by atoms with Gasteiger partial charge in [-0.15, -0.1) is 0 Å². The van der Waals surface area contributed by atoms with E-state index in [1.165, 1.54) is 0 Å². The Hall–Kier alpha value is -3.20. The Bertz CT molecular complexity index is 950. The predicted molar refractivity (Wildman–Crippen MR) is 108 cm³/mol. The highest BCUT2D eigenvalue weighted by Crippen LogP contribution is 2.27. The molecule has 0 aliphatic carbocycles. The summed E-state index contributed by atoms with van der Waals surface area (Å²) in [6, 6.07) is 13.8. The summed E-state index contributed by atoms with van der Waals surface area (Å²) in [6.45, 7) is 1.69. The molecule has 1 unspecified atom stereocenters. The first kappa shape index (κ1) is 20.5. The fraction of sp³-hybridized carbons (Fsp3) is 0.200. The van der Waals surface area contributed by atoms with Crippen molar-refractivity contribution in [3.8, 4) is 0 Å². The molecule has 150 valence electrons. The molecule has 0 saturated carbocycles. The molecule has 3 rings (SSSR count).